The zero-order valence-corrected chi connectivity index (χ0v) is 19.2. The van der Waals surface area contributed by atoms with Crippen LogP contribution in [-0.2, 0) is 4.79 Å². The summed E-state index contributed by atoms with van der Waals surface area (Å²) in [5.74, 6) is 0.556. The van der Waals surface area contributed by atoms with Crippen molar-refractivity contribution in [3.63, 3.8) is 0 Å². The SMILES string of the molecule is CCN(CC)CCNC(=O)c1cccc(NC(=O)CCC2CCNCC2)c1.Cl.Cl. The number of nitrogens with zero attached hydrogens (tertiary/aromatic N) is 1. The van der Waals surface area contributed by atoms with Gasteiger partial charge in [-0.3, -0.25) is 9.59 Å². The van der Waals surface area contributed by atoms with E-state index in [9.17, 15) is 9.59 Å². The van der Waals surface area contributed by atoms with Gasteiger partial charge in [0.1, 0.15) is 0 Å². The highest BCUT2D eigenvalue weighted by Crippen LogP contribution is 2.18. The lowest BCUT2D eigenvalue weighted by molar-refractivity contribution is -0.116. The van der Waals surface area contributed by atoms with E-state index < -0.39 is 0 Å². The van der Waals surface area contributed by atoms with Gasteiger partial charge in [-0.15, -0.1) is 24.8 Å². The van der Waals surface area contributed by atoms with Crippen LogP contribution in [-0.4, -0.2) is 56.0 Å². The maximum absolute atomic E-state index is 12.3. The van der Waals surface area contributed by atoms with Crippen LogP contribution in [0.15, 0.2) is 24.3 Å². The molecular weight excluding hydrogens is 411 g/mol. The maximum Gasteiger partial charge on any atom is 0.251 e. The predicted octanol–water partition coefficient (Wildman–Crippen LogP) is 3.32. The highest BCUT2D eigenvalue weighted by atomic mass is 35.5. The van der Waals surface area contributed by atoms with Crippen LogP contribution < -0.4 is 16.0 Å². The third-order valence-corrected chi connectivity index (χ3v) is 5.25. The molecule has 0 radical (unpaired) electrons. The Morgan fingerprint density at radius 3 is 2.48 bits per heavy atom. The topological polar surface area (TPSA) is 73.5 Å². The normalized spacial score (nSPS) is 13.9. The number of anilines is 1. The zero-order valence-electron chi connectivity index (χ0n) is 17.5. The molecule has 1 fully saturated rings. The Morgan fingerprint density at radius 1 is 1.14 bits per heavy atom. The molecule has 1 aliphatic heterocycles. The first kappa shape index (κ1) is 27.7. The van der Waals surface area contributed by atoms with Crippen molar-refractivity contribution in [3.05, 3.63) is 29.8 Å². The Kier molecular flexibility index (Phi) is 14.8. The molecule has 166 valence electrons. The molecular formula is C21H36Cl2N4O2. The summed E-state index contributed by atoms with van der Waals surface area (Å²) in [5, 5.41) is 9.22. The van der Waals surface area contributed by atoms with Gasteiger partial charge in [-0.05, 0) is 69.6 Å². The predicted molar refractivity (Wildman–Crippen MR) is 125 cm³/mol. The Morgan fingerprint density at radius 2 is 1.83 bits per heavy atom. The van der Waals surface area contributed by atoms with Crippen molar-refractivity contribution in [3.8, 4) is 0 Å². The van der Waals surface area contributed by atoms with Crippen LogP contribution in [0.1, 0.15) is 49.9 Å². The third kappa shape index (κ3) is 10.3. The van der Waals surface area contributed by atoms with E-state index in [1.54, 1.807) is 12.1 Å². The molecule has 1 aromatic rings. The Hall–Kier alpha value is -1.34. The van der Waals surface area contributed by atoms with Crippen LogP contribution >= 0.6 is 24.8 Å². The molecule has 0 spiro atoms. The van der Waals surface area contributed by atoms with Crippen LogP contribution in [0.5, 0.6) is 0 Å². The highest BCUT2D eigenvalue weighted by molar-refractivity contribution is 5.97. The number of carbonyl (C=O) groups excluding carboxylic acids is 2. The van der Waals surface area contributed by atoms with Crippen molar-refractivity contribution < 1.29 is 9.59 Å². The average molecular weight is 447 g/mol. The largest absolute Gasteiger partial charge is 0.351 e. The third-order valence-electron chi connectivity index (χ3n) is 5.25. The second-order valence-corrected chi connectivity index (χ2v) is 7.14. The standard InChI is InChI=1S/C21H34N4O2.2ClH/c1-3-25(4-2)15-14-23-21(27)18-6-5-7-19(16-18)24-20(26)9-8-17-10-12-22-13-11-17;;/h5-7,16-17,22H,3-4,8-15H2,1-2H3,(H,23,27)(H,24,26);2*1H. The molecule has 6 nitrogen and oxygen atoms in total. The number of piperidine rings is 1. The van der Waals surface area contributed by atoms with Crippen LogP contribution in [0.3, 0.4) is 0 Å². The second-order valence-electron chi connectivity index (χ2n) is 7.14. The summed E-state index contributed by atoms with van der Waals surface area (Å²) in [6.45, 7) is 9.75. The minimum atomic E-state index is -0.104. The minimum absolute atomic E-state index is 0. The number of likely N-dealkylation sites (N-methyl/N-ethyl adjacent to an activating group) is 1. The van der Waals surface area contributed by atoms with Gasteiger partial charge in [0.05, 0.1) is 0 Å². The van der Waals surface area contributed by atoms with Gasteiger partial charge in [-0.25, -0.2) is 0 Å². The molecule has 0 aromatic heterocycles. The van der Waals surface area contributed by atoms with Crippen molar-refractivity contribution in [1.82, 2.24) is 15.5 Å². The number of amides is 2. The summed E-state index contributed by atoms with van der Waals surface area (Å²) in [6.07, 6.45) is 3.76. The number of hydrogen-bond donors (Lipinski definition) is 3. The molecule has 0 aliphatic carbocycles. The summed E-state index contributed by atoms with van der Waals surface area (Å²) < 4.78 is 0. The van der Waals surface area contributed by atoms with Gasteiger partial charge in [0.2, 0.25) is 5.91 Å². The van der Waals surface area contributed by atoms with E-state index >= 15 is 0 Å². The van der Waals surface area contributed by atoms with Gasteiger partial charge < -0.3 is 20.9 Å². The first-order valence-corrected chi connectivity index (χ1v) is 10.2. The number of benzene rings is 1. The average Bonchev–Trinajstić information content (AvgIpc) is 2.70. The molecule has 1 heterocycles. The van der Waals surface area contributed by atoms with E-state index in [0.717, 1.165) is 52.0 Å². The fraction of sp³-hybridized carbons (Fsp3) is 0.619. The van der Waals surface area contributed by atoms with E-state index in [4.69, 9.17) is 0 Å². The van der Waals surface area contributed by atoms with Crippen molar-refractivity contribution >= 4 is 42.3 Å². The first-order valence-electron chi connectivity index (χ1n) is 10.2. The summed E-state index contributed by atoms with van der Waals surface area (Å²) in [4.78, 5) is 26.8. The summed E-state index contributed by atoms with van der Waals surface area (Å²) in [6, 6.07) is 7.16. The van der Waals surface area contributed by atoms with Crippen molar-refractivity contribution in [1.29, 1.82) is 0 Å². The Labute approximate surface area is 187 Å². The van der Waals surface area contributed by atoms with Gasteiger partial charge in [0.15, 0.2) is 0 Å². The Bertz CT molecular complexity index is 606. The van der Waals surface area contributed by atoms with E-state index in [0.29, 0.717) is 30.1 Å². The van der Waals surface area contributed by atoms with Gasteiger partial charge in [-0.1, -0.05) is 19.9 Å². The minimum Gasteiger partial charge on any atom is -0.351 e. The number of carbonyl (C=O) groups is 2. The molecule has 1 aliphatic rings. The summed E-state index contributed by atoms with van der Waals surface area (Å²) in [5.41, 5.74) is 1.26. The number of halogens is 2. The van der Waals surface area contributed by atoms with E-state index in [1.807, 2.05) is 12.1 Å². The summed E-state index contributed by atoms with van der Waals surface area (Å²) in [7, 11) is 0. The fourth-order valence-electron chi connectivity index (χ4n) is 3.44. The molecule has 29 heavy (non-hydrogen) atoms. The molecule has 3 N–H and O–H groups in total. The number of hydrogen-bond acceptors (Lipinski definition) is 4. The van der Waals surface area contributed by atoms with Crippen molar-refractivity contribution in [2.24, 2.45) is 5.92 Å². The van der Waals surface area contributed by atoms with Gasteiger partial charge in [0, 0.05) is 30.8 Å². The summed E-state index contributed by atoms with van der Waals surface area (Å²) >= 11 is 0. The molecule has 2 rings (SSSR count). The van der Waals surface area contributed by atoms with E-state index in [-0.39, 0.29) is 36.6 Å². The molecule has 0 bridgehead atoms. The maximum atomic E-state index is 12.3. The highest BCUT2D eigenvalue weighted by Gasteiger charge is 2.15. The van der Waals surface area contributed by atoms with Crippen LogP contribution in [0.4, 0.5) is 5.69 Å². The zero-order chi connectivity index (χ0) is 19.5. The van der Waals surface area contributed by atoms with Crippen LogP contribution in [0, 0.1) is 5.92 Å². The fourth-order valence-corrected chi connectivity index (χ4v) is 3.44. The molecule has 1 aromatic carbocycles. The number of rotatable bonds is 10. The molecule has 0 saturated carbocycles. The number of nitrogens with one attached hydrogen (secondary N) is 3. The van der Waals surface area contributed by atoms with Crippen LogP contribution in [0.2, 0.25) is 0 Å². The lowest BCUT2D eigenvalue weighted by Gasteiger charge is -2.22. The Balaban J connectivity index is 0.00000392. The quantitative estimate of drug-likeness (QED) is 0.515. The molecule has 1 saturated heterocycles. The van der Waals surface area contributed by atoms with Gasteiger partial charge in [-0.2, -0.15) is 0 Å². The van der Waals surface area contributed by atoms with Gasteiger partial charge in [0.25, 0.3) is 5.91 Å². The lowest BCUT2D eigenvalue weighted by atomic mass is 9.93. The van der Waals surface area contributed by atoms with Crippen molar-refractivity contribution in [2.75, 3.05) is 44.6 Å². The van der Waals surface area contributed by atoms with E-state index in [2.05, 4.69) is 34.7 Å². The van der Waals surface area contributed by atoms with E-state index in [1.165, 1.54) is 0 Å². The smallest absolute Gasteiger partial charge is 0.251 e. The van der Waals surface area contributed by atoms with Crippen LogP contribution in [0.25, 0.3) is 0 Å². The second kappa shape index (κ2) is 15.5. The lowest BCUT2D eigenvalue weighted by Crippen LogP contribution is -2.34. The molecule has 0 unspecified atom stereocenters. The van der Waals surface area contributed by atoms with Crippen molar-refractivity contribution in [2.45, 2.75) is 39.5 Å². The monoisotopic (exact) mass is 446 g/mol. The molecule has 8 heteroatoms. The molecule has 2 amide bonds. The first-order chi connectivity index (χ1) is 13.1. The molecule has 0 atom stereocenters. The van der Waals surface area contributed by atoms with Gasteiger partial charge >= 0.3 is 0 Å².